The lowest BCUT2D eigenvalue weighted by Gasteiger charge is -2.32. The van der Waals surface area contributed by atoms with Gasteiger partial charge in [0.05, 0.1) is 0 Å². The molecule has 2 nitrogen and oxygen atoms in total. The smallest absolute Gasteiger partial charge is 0.184 e. The molecule has 0 radical (unpaired) electrons. The fourth-order valence-electron chi connectivity index (χ4n) is 2.26. The molecule has 0 aromatic heterocycles. The summed E-state index contributed by atoms with van der Waals surface area (Å²) in [5, 5.41) is 0. The van der Waals surface area contributed by atoms with Crippen LogP contribution in [0.4, 0.5) is 0 Å². The number of thiol groups is 1. The molecule has 0 aliphatic rings. The Hall–Kier alpha value is -1.07. The highest BCUT2D eigenvalue weighted by molar-refractivity contribution is 7.75. The zero-order valence-electron chi connectivity index (χ0n) is 12.7. The van der Waals surface area contributed by atoms with E-state index in [-0.39, 0.29) is 12.2 Å². The third kappa shape index (κ3) is 4.71. The molecule has 2 rings (SSSR count). The predicted molar refractivity (Wildman–Crippen MR) is 92.9 cm³/mol. The molecule has 0 aliphatic heterocycles. The molecule has 21 heavy (non-hydrogen) atoms. The van der Waals surface area contributed by atoms with E-state index in [1.807, 2.05) is 48.5 Å². The van der Waals surface area contributed by atoms with Gasteiger partial charge >= 0.3 is 0 Å². The average molecular weight is 319 g/mol. The second-order valence-corrected chi connectivity index (χ2v) is 10.7. The maximum absolute atomic E-state index is 6.40. The van der Waals surface area contributed by atoms with Crippen LogP contribution in [0.5, 0.6) is 0 Å². The van der Waals surface area contributed by atoms with E-state index < -0.39 is 8.32 Å². The van der Waals surface area contributed by atoms with Gasteiger partial charge in [-0.3, -0.25) is 0 Å². The highest BCUT2D eigenvalue weighted by Gasteiger charge is 2.30. The summed E-state index contributed by atoms with van der Waals surface area (Å²) in [6.45, 7) is 6.55. The minimum atomic E-state index is -1.73. The first-order valence-corrected chi connectivity index (χ1v) is 10.9. The molecule has 2 unspecified atom stereocenters. The van der Waals surface area contributed by atoms with Crippen molar-refractivity contribution in [1.29, 1.82) is 0 Å². The van der Waals surface area contributed by atoms with Gasteiger partial charge in [0, 0.05) is 0 Å². The zero-order chi connectivity index (χ0) is 15.3. The second kappa shape index (κ2) is 7.27. The van der Waals surface area contributed by atoms with Crippen LogP contribution in [0.2, 0.25) is 19.6 Å². The Morgan fingerprint density at radius 1 is 0.762 bits per heavy atom. The second-order valence-electron chi connectivity index (χ2n) is 6.00. The van der Waals surface area contributed by atoms with Gasteiger partial charge in [0.2, 0.25) is 0 Å². The van der Waals surface area contributed by atoms with Crippen LogP contribution in [0.15, 0.2) is 60.7 Å². The minimum absolute atomic E-state index is 0.155. The van der Waals surface area contributed by atoms with E-state index in [1.165, 1.54) is 0 Å². The zero-order valence-corrected chi connectivity index (χ0v) is 14.6. The molecule has 0 fully saturated rings. The van der Waals surface area contributed by atoms with Gasteiger partial charge in [-0.25, -0.2) is 0 Å². The molecule has 2 aromatic rings. The van der Waals surface area contributed by atoms with E-state index in [9.17, 15) is 0 Å². The molecular weight excluding hydrogens is 296 g/mol. The molecule has 2 aromatic carbocycles. The Balaban J connectivity index is 2.38. The molecule has 0 N–H and O–H groups in total. The lowest BCUT2D eigenvalue weighted by molar-refractivity contribution is 0.0636. The maximum Gasteiger partial charge on any atom is 0.184 e. The average Bonchev–Trinajstić information content (AvgIpc) is 2.48. The molecule has 0 saturated carbocycles. The summed E-state index contributed by atoms with van der Waals surface area (Å²) in [6.07, 6.45) is -0.388. The van der Waals surface area contributed by atoms with Crippen molar-refractivity contribution >= 4 is 21.2 Å². The van der Waals surface area contributed by atoms with Crippen LogP contribution in [0.1, 0.15) is 23.3 Å². The third-order valence-corrected chi connectivity index (χ3v) is 4.31. The van der Waals surface area contributed by atoms with Gasteiger partial charge in [-0.1, -0.05) is 60.7 Å². The topological polar surface area (TPSA) is 18.5 Å². The van der Waals surface area contributed by atoms with Crippen LogP contribution in [-0.2, 0) is 8.61 Å². The molecule has 0 amide bonds. The SMILES string of the molecule is C[Si](C)(C)OC(c1ccccc1)C(OS)c1ccccc1. The summed E-state index contributed by atoms with van der Waals surface area (Å²) < 4.78 is 11.9. The summed E-state index contributed by atoms with van der Waals surface area (Å²) in [4.78, 5) is 0. The molecule has 0 bridgehead atoms. The monoisotopic (exact) mass is 318 g/mol. The number of rotatable bonds is 6. The fraction of sp³-hybridized carbons (Fsp3) is 0.294. The van der Waals surface area contributed by atoms with Gasteiger partial charge in [0.1, 0.15) is 12.2 Å². The highest BCUT2D eigenvalue weighted by Crippen LogP contribution is 2.37. The van der Waals surface area contributed by atoms with Gasteiger partial charge < -0.3 is 8.61 Å². The van der Waals surface area contributed by atoms with Crippen LogP contribution in [0.25, 0.3) is 0 Å². The van der Waals surface area contributed by atoms with Gasteiger partial charge in [-0.15, -0.1) is 0 Å². The van der Waals surface area contributed by atoms with Gasteiger partial charge in [0.25, 0.3) is 0 Å². The number of benzene rings is 2. The van der Waals surface area contributed by atoms with Gasteiger partial charge in [-0.05, 0) is 43.7 Å². The normalized spacial score (nSPS) is 14.7. The molecule has 0 heterocycles. The van der Waals surface area contributed by atoms with E-state index in [0.717, 1.165) is 11.1 Å². The fourth-order valence-corrected chi connectivity index (χ4v) is 3.52. The Bertz CT molecular complexity index is 540. The number of hydrogen-bond donors (Lipinski definition) is 1. The van der Waals surface area contributed by atoms with E-state index in [1.54, 1.807) is 0 Å². The van der Waals surface area contributed by atoms with Crippen molar-refractivity contribution in [2.45, 2.75) is 31.8 Å². The van der Waals surface area contributed by atoms with Crippen molar-refractivity contribution in [2.75, 3.05) is 0 Å². The molecule has 2 atom stereocenters. The Labute approximate surface area is 133 Å². The molecule has 0 aliphatic carbocycles. The molecule has 0 saturated heterocycles. The van der Waals surface area contributed by atoms with Gasteiger partial charge in [0.15, 0.2) is 8.32 Å². The first-order chi connectivity index (χ1) is 10.0. The summed E-state index contributed by atoms with van der Waals surface area (Å²) >= 11 is 4.10. The van der Waals surface area contributed by atoms with E-state index in [2.05, 4.69) is 44.7 Å². The summed E-state index contributed by atoms with van der Waals surface area (Å²) in [7, 11) is -1.73. The standard InChI is InChI=1S/C17H22O2SSi/c1-21(2,3)19-17(15-12-8-5-9-13-15)16(18-20)14-10-6-4-7-11-14/h4-13,16-17,20H,1-3H3. The van der Waals surface area contributed by atoms with Crippen LogP contribution >= 0.6 is 12.9 Å². The highest BCUT2D eigenvalue weighted by atomic mass is 32.1. The Morgan fingerprint density at radius 2 is 1.19 bits per heavy atom. The molecular formula is C17H22O2SSi. The predicted octanol–water partition coefficient (Wildman–Crippen LogP) is 5.18. The van der Waals surface area contributed by atoms with Crippen molar-refractivity contribution in [3.8, 4) is 0 Å². The first-order valence-electron chi connectivity index (χ1n) is 7.09. The van der Waals surface area contributed by atoms with Crippen molar-refractivity contribution in [3.05, 3.63) is 71.8 Å². The van der Waals surface area contributed by atoms with Crippen LogP contribution in [-0.4, -0.2) is 8.32 Å². The lowest BCUT2D eigenvalue weighted by Crippen LogP contribution is -2.31. The van der Waals surface area contributed by atoms with Crippen LogP contribution < -0.4 is 0 Å². The summed E-state index contributed by atoms with van der Waals surface area (Å²) in [6, 6.07) is 20.3. The largest absolute Gasteiger partial charge is 0.408 e. The van der Waals surface area contributed by atoms with E-state index in [4.69, 9.17) is 8.61 Å². The lowest BCUT2D eigenvalue weighted by atomic mass is 9.98. The maximum atomic E-state index is 6.40. The summed E-state index contributed by atoms with van der Waals surface area (Å²) in [5.74, 6) is 0. The van der Waals surface area contributed by atoms with Crippen molar-refractivity contribution in [1.82, 2.24) is 0 Å². The quantitative estimate of drug-likeness (QED) is 0.449. The summed E-state index contributed by atoms with van der Waals surface area (Å²) in [5.41, 5.74) is 2.18. The van der Waals surface area contributed by atoms with Crippen molar-refractivity contribution in [3.63, 3.8) is 0 Å². The van der Waals surface area contributed by atoms with Gasteiger partial charge in [-0.2, -0.15) is 0 Å². The van der Waals surface area contributed by atoms with Crippen molar-refractivity contribution in [2.24, 2.45) is 0 Å². The Morgan fingerprint density at radius 3 is 1.57 bits per heavy atom. The molecule has 4 heteroatoms. The molecule has 112 valence electrons. The Kier molecular flexibility index (Phi) is 5.64. The third-order valence-electron chi connectivity index (χ3n) is 3.13. The van der Waals surface area contributed by atoms with Crippen molar-refractivity contribution < 1.29 is 8.61 Å². The number of hydrogen-bond acceptors (Lipinski definition) is 3. The molecule has 0 spiro atoms. The van der Waals surface area contributed by atoms with E-state index in [0.29, 0.717) is 0 Å². The minimum Gasteiger partial charge on any atom is -0.408 e. The first kappa shape index (κ1) is 16.3. The van der Waals surface area contributed by atoms with E-state index >= 15 is 0 Å². The van der Waals surface area contributed by atoms with Crippen LogP contribution in [0, 0.1) is 0 Å². The van der Waals surface area contributed by atoms with Crippen LogP contribution in [0.3, 0.4) is 0 Å².